The lowest BCUT2D eigenvalue weighted by atomic mass is 9.79. The molecule has 3 aromatic rings. The number of fused-ring (bicyclic) bond motifs is 2. The molecule has 0 spiro atoms. The van der Waals surface area contributed by atoms with Crippen LogP contribution >= 0.6 is 0 Å². The molecule has 2 unspecified atom stereocenters. The van der Waals surface area contributed by atoms with E-state index in [4.69, 9.17) is 9.47 Å². The molecule has 3 aromatic carbocycles. The zero-order valence-corrected chi connectivity index (χ0v) is 24.4. The van der Waals surface area contributed by atoms with Crippen molar-refractivity contribution in [2.24, 2.45) is 11.8 Å². The number of methoxy groups -OCH3 is 1. The molecule has 1 saturated carbocycles. The van der Waals surface area contributed by atoms with Crippen molar-refractivity contribution in [3.63, 3.8) is 0 Å². The Morgan fingerprint density at radius 3 is 2.76 bits per heavy atom. The third kappa shape index (κ3) is 6.48. The van der Waals surface area contributed by atoms with Crippen LogP contribution in [0.2, 0.25) is 0 Å². The van der Waals surface area contributed by atoms with Gasteiger partial charge in [-0.05, 0) is 122 Å². The molecule has 41 heavy (non-hydrogen) atoms. The minimum Gasteiger partial charge on any atom is -0.508 e. The number of anilines is 1. The van der Waals surface area contributed by atoms with Crippen molar-refractivity contribution in [1.29, 1.82) is 0 Å². The summed E-state index contributed by atoms with van der Waals surface area (Å²) in [5.74, 6) is 3.39. The maximum atomic E-state index is 15.2. The molecule has 0 aromatic heterocycles. The number of ether oxygens (including phenoxy) is 2. The fourth-order valence-electron chi connectivity index (χ4n) is 7.00. The third-order valence-corrected chi connectivity index (χ3v) is 9.46. The van der Waals surface area contributed by atoms with E-state index in [1.165, 1.54) is 42.5 Å². The Bertz CT molecular complexity index is 1360. The molecule has 2 aliphatic carbocycles. The highest BCUT2D eigenvalue weighted by atomic mass is 19.1. The zero-order valence-electron chi connectivity index (χ0n) is 24.4. The number of halogens is 1. The standard InChI is InChI=1S/C35H43FN2O3/c1-3-38(22-24-6-13-35(33(36)17-24)41-16-15-37-14-4-5-25-19-29(25)23-37)34-21-31(40-2)11-12-32(34)28-8-7-27-20-30(39)10-9-26(27)18-28/h6,9-13,17,20-21,25,28-29,39H,3-5,7-8,14-16,18-19,22-23H2,1-2H3/t25?,28-,29?/m1/s1. The predicted octanol–water partition coefficient (Wildman–Crippen LogP) is 6.95. The Hall–Kier alpha value is -3.25. The summed E-state index contributed by atoms with van der Waals surface area (Å²) in [6.45, 7) is 7.21. The quantitative estimate of drug-likeness (QED) is 0.292. The molecule has 1 saturated heterocycles. The normalized spacial score (nSPS) is 21.9. The number of phenolic OH excluding ortho intramolecular Hbond substituents is 1. The lowest BCUT2D eigenvalue weighted by Crippen LogP contribution is -2.30. The Labute approximate surface area is 243 Å². The van der Waals surface area contributed by atoms with Gasteiger partial charge in [0.15, 0.2) is 11.6 Å². The van der Waals surface area contributed by atoms with Crippen molar-refractivity contribution in [2.75, 3.05) is 44.8 Å². The highest BCUT2D eigenvalue weighted by Crippen LogP contribution is 2.44. The number of rotatable bonds is 10. The topological polar surface area (TPSA) is 45.2 Å². The predicted molar refractivity (Wildman–Crippen MR) is 162 cm³/mol. The van der Waals surface area contributed by atoms with E-state index < -0.39 is 0 Å². The molecule has 3 atom stereocenters. The maximum absolute atomic E-state index is 15.2. The van der Waals surface area contributed by atoms with E-state index in [1.807, 2.05) is 18.2 Å². The second kappa shape index (κ2) is 12.3. The summed E-state index contributed by atoms with van der Waals surface area (Å²) >= 11 is 0. The fourth-order valence-corrected chi connectivity index (χ4v) is 7.00. The van der Waals surface area contributed by atoms with E-state index in [0.717, 1.165) is 67.7 Å². The molecular weight excluding hydrogens is 515 g/mol. The molecule has 0 radical (unpaired) electrons. The van der Waals surface area contributed by atoms with Crippen molar-refractivity contribution in [2.45, 2.75) is 57.9 Å². The Morgan fingerprint density at radius 2 is 1.93 bits per heavy atom. The third-order valence-electron chi connectivity index (χ3n) is 9.46. The van der Waals surface area contributed by atoms with Crippen LogP contribution in [0, 0.1) is 17.7 Å². The summed E-state index contributed by atoms with van der Waals surface area (Å²) in [6.07, 6.45) is 6.92. The van der Waals surface area contributed by atoms with E-state index in [9.17, 15) is 5.11 Å². The zero-order chi connectivity index (χ0) is 28.3. The molecule has 6 rings (SSSR count). The average Bonchev–Trinajstić information content (AvgIpc) is 3.75. The van der Waals surface area contributed by atoms with Crippen LogP contribution in [0.3, 0.4) is 0 Å². The number of nitrogens with zero attached hydrogens (tertiary/aromatic N) is 2. The van der Waals surface area contributed by atoms with Gasteiger partial charge in [-0.2, -0.15) is 0 Å². The van der Waals surface area contributed by atoms with Gasteiger partial charge in [-0.25, -0.2) is 4.39 Å². The summed E-state index contributed by atoms with van der Waals surface area (Å²) in [7, 11) is 1.70. The minimum atomic E-state index is -0.297. The summed E-state index contributed by atoms with van der Waals surface area (Å²) in [6, 6.07) is 17.5. The van der Waals surface area contributed by atoms with Crippen LogP contribution in [-0.4, -0.2) is 49.9 Å². The van der Waals surface area contributed by atoms with Gasteiger partial charge in [0.05, 0.1) is 7.11 Å². The molecule has 1 aliphatic heterocycles. The molecule has 218 valence electrons. The smallest absolute Gasteiger partial charge is 0.165 e. The van der Waals surface area contributed by atoms with E-state index in [0.29, 0.717) is 30.6 Å². The van der Waals surface area contributed by atoms with Gasteiger partial charge in [0.1, 0.15) is 18.1 Å². The number of hydrogen-bond acceptors (Lipinski definition) is 5. The molecule has 6 heteroatoms. The van der Waals surface area contributed by atoms with E-state index in [-0.39, 0.29) is 5.82 Å². The summed E-state index contributed by atoms with van der Waals surface area (Å²) < 4.78 is 26.7. The first-order chi connectivity index (χ1) is 20.0. The molecule has 1 N–H and O–H groups in total. The van der Waals surface area contributed by atoms with Crippen LogP contribution in [0.4, 0.5) is 10.1 Å². The van der Waals surface area contributed by atoms with Crippen LogP contribution in [0.15, 0.2) is 54.6 Å². The number of benzene rings is 3. The monoisotopic (exact) mass is 558 g/mol. The van der Waals surface area contributed by atoms with Crippen LogP contribution < -0.4 is 14.4 Å². The van der Waals surface area contributed by atoms with Crippen LogP contribution in [-0.2, 0) is 19.4 Å². The Balaban J connectivity index is 1.14. The van der Waals surface area contributed by atoms with Gasteiger partial charge in [-0.15, -0.1) is 0 Å². The Kier molecular flexibility index (Phi) is 8.38. The van der Waals surface area contributed by atoms with Gasteiger partial charge in [0.2, 0.25) is 0 Å². The summed E-state index contributed by atoms with van der Waals surface area (Å²) in [4.78, 5) is 4.80. The lowest BCUT2D eigenvalue weighted by molar-refractivity contribution is 0.202. The van der Waals surface area contributed by atoms with Crippen molar-refractivity contribution >= 4 is 5.69 Å². The largest absolute Gasteiger partial charge is 0.508 e. The van der Waals surface area contributed by atoms with Crippen LogP contribution in [0.25, 0.3) is 0 Å². The SMILES string of the molecule is CCN(Cc1ccc(OCCN2CCCC3CC3C2)c(F)c1)c1cc(OC)ccc1[C@@H]1CCc2cc(O)ccc2C1. The first kappa shape index (κ1) is 27.9. The molecule has 5 nitrogen and oxygen atoms in total. The average molecular weight is 559 g/mol. The fraction of sp³-hybridized carbons (Fsp3) is 0.486. The Morgan fingerprint density at radius 1 is 1.02 bits per heavy atom. The van der Waals surface area contributed by atoms with Gasteiger partial charge in [0.25, 0.3) is 0 Å². The summed E-state index contributed by atoms with van der Waals surface area (Å²) in [5.41, 5.74) is 5.88. The molecule has 0 bridgehead atoms. The number of aromatic hydroxyl groups is 1. The number of hydrogen-bond donors (Lipinski definition) is 1. The molecule has 1 heterocycles. The van der Waals surface area contributed by atoms with E-state index >= 15 is 4.39 Å². The first-order valence-electron chi connectivity index (χ1n) is 15.4. The minimum absolute atomic E-state index is 0.297. The number of aryl methyl sites for hydroxylation is 1. The molecular formula is C35H43FN2O3. The maximum Gasteiger partial charge on any atom is 0.165 e. The molecule has 3 aliphatic rings. The van der Waals surface area contributed by atoms with Crippen molar-refractivity contribution < 1.29 is 19.0 Å². The van der Waals surface area contributed by atoms with Crippen molar-refractivity contribution in [1.82, 2.24) is 4.90 Å². The molecule has 2 fully saturated rings. The van der Waals surface area contributed by atoms with Crippen molar-refractivity contribution in [3.8, 4) is 17.2 Å². The van der Waals surface area contributed by atoms with Crippen LogP contribution in [0.1, 0.15) is 60.8 Å². The van der Waals surface area contributed by atoms with E-state index in [2.05, 4.69) is 34.9 Å². The second-order valence-corrected chi connectivity index (χ2v) is 12.1. The van der Waals surface area contributed by atoms with Crippen LogP contribution in [0.5, 0.6) is 17.2 Å². The van der Waals surface area contributed by atoms with Gasteiger partial charge in [-0.1, -0.05) is 18.2 Å². The van der Waals surface area contributed by atoms with Gasteiger partial charge < -0.3 is 19.5 Å². The van der Waals surface area contributed by atoms with Crippen molar-refractivity contribution in [3.05, 3.63) is 82.7 Å². The highest BCUT2D eigenvalue weighted by Gasteiger charge is 2.39. The van der Waals surface area contributed by atoms with E-state index in [1.54, 1.807) is 25.3 Å². The number of likely N-dealkylation sites (tertiary alicyclic amines) is 1. The first-order valence-corrected chi connectivity index (χ1v) is 15.4. The van der Waals surface area contributed by atoms with Gasteiger partial charge >= 0.3 is 0 Å². The summed E-state index contributed by atoms with van der Waals surface area (Å²) in [5, 5.41) is 9.91. The van der Waals surface area contributed by atoms with Gasteiger partial charge in [-0.3, -0.25) is 4.90 Å². The highest BCUT2D eigenvalue weighted by molar-refractivity contribution is 5.60. The van der Waals surface area contributed by atoms with Gasteiger partial charge in [0, 0.05) is 37.9 Å². The molecule has 0 amide bonds. The number of phenols is 1. The lowest BCUT2D eigenvalue weighted by Gasteiger charge is -2.32. The second-order valence-electron chi connectivity index (χ2n) is 12.1.